The molecule has 2 aromatic carbocycles. The van der Waals surface area contributed by atoms with Gasteiger partial charge < -0.3 is 5.73 Å². The molecule has 0 saturated carbocycles. The van der Waals surface area contributed by atoms with Crippen molar-refractivity contribution in [3.8, 4) is 22.3 Å². The van der Waals surface area contributed by atoms with Crippen LogP contribution in [0.3, 0.4) is 0 Å². The molecule has 0 unspecified atom stereocenters. The standard InChI is InChI=1S/C18H14N2O/c19-18(21)17-16(10-5-11-20-17)15-9-4-8-14(12-15)13-6-2-1-3-7-13/h1-12H,(H2,19,21). The summed E-state index contributed by atoms with van der Waals surface area (Å²) in [5.74, 6) is -0.518. The lowest BCUT2D eigenvalue weighted by Crippen LogP contribution is -2.14. The maximum absolute atomic E-state index is 11.5. The van der Waals surface area contributed by atoms with Crippen molar-refractivity contribution in [2.45, 2.75) is 0 Å². The topological polar surface area (TPSA) is 56.0 Å². The fourth-order valence-electron chi connectivity index (χ4n) is 2.33. The lowest BCUT2D eigenvalue weighted by Gasteiger charge is -2.08. The predicted molar refractivity (Wildman–Crippen MR) is 83.6 cm³/mol. The summed E-state index contributed by atoms with van der Waals surface area (Å²) in [7, 11) is 0. The van der Waals surface area contributed by atoms with Crippen LogP contribution in [0.2, 0.25) is 0 Å². The van der Waals surface area contributed by atoms with Crippen molar-refractivity contribution < 1.29 is 4.79 Å². The number of hydrogen-bond acceptors (Lipinski definition) is 2. The maximum atomic E-state index is 11.5. The number of nitrogens with zero attached hydrogens (tertiary/aromatic N) is 1. The van der Waals surface area contributed by atoms with Crippen molar-refractivity contribution in [3.05, 3.63) is 78.6 Å². The number of carbonyl (C=O) groups is 1. The van der Waals surface area contributed by atoms with Gasteiger partial charge in [0.2, 0.25) is 0 Å². The van der Waals surface area contributed by atoms with Crippen LogP contribution in [0, 0.1) is 0 Å². The Bertz CT molecular complexity index is 782. The molecule has 3 aromatic rings. The minimum Gasteiger partial charge on any atom is -0.364 e. The van der Waals surface area contributed by atoms with E-state index in [9.17, 15) is 4.79 Å². The molecule has 3 nitrogen and oxygen atoms in total. The SMILES string of the molecule is NC(=O)c1ncccc1-c1cccc(-c2ccccc2)c1. The zero-order chi connectivity index (χ0) is 14.7. The fraction of sp³-hybridized carbons (Fsp3) is 0. The normalized spacial score (nSPS) is 10.3. The van der Waals surface area contributed by atoms with Crippen LogP contribution in [-0.4, -0.2) is 10.9 Å². The van der Waals surface area contributed by atoms with E-state index in [0.717, 1.165) is 22.3 Å². The van der Waals surface area contributed by atoms with Gasteiger partial charge in [-0.3, -0.25) is 9.78 Å². The fourth-order valence-corrected chi connectivity index (χ4v) is 2.33. The Hall–Kier alpha value is -2.94. The highest BCUT2D eigenvalue weighted by atomic mass is 16.1. The molecule has 0 fully saturated rings. The molecular formula is C18H14N2O. The van der Waals surface area contributed by atoms with E-state index in [2.05, 4.69) is 17.1 Å². The molecule has 0 radical (unpaired) electrons. The third-order valence-electron chi connectivity index (χ3n) is 3.32. The second kappa shape index (κ2) is 5.59. The predicted octanol–water partition coefficient (Wildman–Crippen LogP) is 3.51. The number of benzene rings is 2. The minimum atomic E-state index is -0.518. The van der Waals surface area contributed by atoms with E-state index in [0.29, 0.717) is 5.69 Å². The Morgan fingerprint density at radius 1 is 0.810 bits per heavy atom. The number of carbonyl (C=O) groups excluding carboxylic acids is 1. The van der Waals surface area contributed by atoms with E-state index in [1.165, 1.54) is 0 Å². The molecule has 0 spiro atoms. The molecule has 0 atom stereocenters. The van der Waals surface area contributed by atoms with Gasteiger partial charge in [0, 0.05) is 11.8 Å². The first-order valence-electron chi connectivity index (χ1n) is 6.66. The first kappa shape index (κ1) is 13.1. The lowest BCUT2D eigenvalue weighted by atomic mass is 9.98. The summed E-state index contributed by atoms with van der Waals surface area (Å²) in [4.78, 5) is 15.6. The van der Waals surface area contributed by atoms with Gasteiger partial charge in [-0.15, -0.1) is 0 Å². The molecule has 1 aromatic heterocycles. The van der Waals surface area contributed by atoms with Gasteiger partial charge in [0.25, 0.3) is 5.91 Å². The number of amides is 1. The molecule has 3 rings (SSSR count). The highest BCUT2D eigenvalue weighted by molar-refractivity contribution is 5.98. The molecule has 0 saturated heterocycles. The molecular weight excluding hydrogens is 260 g/mol. The van der Waals surface area contributed by atoms with Crippen LogP contribution in [0.4, 0.5) is 0 Å². The molecule has 1 heterocycles. The van der Waals surface area contributed by atoms with Gasteiger partial charge in [0.1, 0.15) is 5.69 Å². The van der Waals surface area contributed by atoms with Crippen molar-refractivity contribution in [1.29, 1.82) is 0 Å². The summed E-state index contributed by atoms with van der Waals surface area (Å²) in [6.07, 6.45) is 1.57. The zero-order valence-electron chi connectivity index (χ0n) is 11.4. The van der Waals surface area contributed by atoms with Gasteiger partial charge in [-0.1, -0.05) is 54.6 Å². The number of hydrogen-bond donors (Lipinski definition) is 1. The summed E-state index contributed by atoms with van der Waals surface area (Å²) in [5, 5.41) is 0. The Kier molecular flexibility index (Phi) is 3.48. The van der Waals surface area contributed by atoms with Crippen molar-refractivity contribution in [1.82, 2.24) is 4.98 Å². The van der Waals surface area contributed by atoms with Crippen molar-refractivity contribution >= 4 is 5.91 Å². The summed E-state index contributed by atoms with van der Waals surface area (Å²) < 4.78 is 0. The Morgan fingerprint density at radius 3 is 2.29 bits per heavy atom. The lowest BCUT2D eigenvalue weighted by molar-refractivity contribution is 0.0996. The van der Waals surface area contributed by atoms with Crippen molar-refractivity contribution in [2.75, 3.05) is 0 Å². The molecule has 0 aliphatic carbocycles. The van der Waals surface area contributed by atoms with Gasteiger partial charge in [-0.2, -0.15) is 0 Å². The number of nitrogens with two attached hydrogens (primary N) is 1. The highest BCUT2D eigenvalue weighted by Crippen LogP contribution is 2.27. The second-order valence-electron chi connectivity index (χ2n) is 4.71. The highest BCUT2D eigenvalue weighted by Gasteiger charge is 2.11. The third-order valence-corrected chi connectivity index (χ3v) is 3.32. The number of primary amides is 1. The van der Waals surface area contributed by atoms with Crippen LogP contribution in [0.15, 0.2) is 72.9 Å². The number of aromatic nitrogens is 1. The van der Waals surface area contributed by atoms with E-state index in [1.807, 2.05) is 48.5 Å². The third kappa shape index (κ3) is 2.67. The van der Waals surface area contributed by atoms with Gasteiger partial charge in [0.15, 0.2) is 0 Å². The zero-order valence-corrected chi connectivity index (χ0v) is 11.4. The molecule has 102 valence electrons. The van der Waals surface area contributed by atoms with Crippen molar-refractivity contribution in [3.63, 3.8) is 0 Å². The monoisotopic (exact) mass is 274 g/mol. The van der Waals surface area contributed by atoms with Gasteiger partial charge in [-0.25, -0.2) is 0 Å². The number of rotatable bonds is 3. The number of pyridine rings is 1. The first-order chi connectivity index (χ1) is 10.3. The second-order valence-corrected chi connectivity index (χ2v) is 4.71. The quantitative estimate of drug-likeness (QED) is 0.794. The van der Waals surface area contributed by atoms with E-state index < -0.39 is 5.91 Å². The smallest absolute Gasteiger partial charge is 0.267 e. The van der Waals surface area contributed by atoms with E-state index in [-0.39, 0.29) is 0 Å². The van der Waals surface area contributed by atoms with Crippen LogP contribution in [0.5, 0.6) is 0 Å². The average molecular weight is 274 g/mol. The van der Waals surface area contributed by atoms with E-state index >= 15 is 0 Å². The molecule has 0 aliphatic heterocycles. The summed E-state index contributed by atoms with van der Waals surface area (Å²) in [6.45, 7) is 0. The average Bonchev–Trinajstić information content (AvgIpc) is 2.56. The van der Waals surface area contributed by atoms with Gasteiger partial charge in [0.05, 0.1) is 0 Å². The van der Waals surface area contributed by atoms with E-state index in [1.54, 1.807) is 12.3 Å². The minimum absolute atomic E-state index is 0.294. The largest absolute Gasteiger partial charge is 0.364 e. The summed E-state index contributed by atoms with van der Waals surface area (Å²) >= 11 is 0. The van der Waals surface area contributed by atoms with E-state index in [4.69, 9.17) is 5.73 Å². The maximum Gasteiger partial charge on any atom is 0.267 e. The summed E-state index contributed by atoms with van der Waals surface area (Å²) in [6, 6.07) is 21.8. The van der Waals surface area contributed by atoms with Crippen LogP contribution in [0.1, 0.15) is 10.5 Å². The molecule has 1 amide bonds. The Balaban J connectivity index is 2.11. The molecule has 3 heteroatoms. The van der Waals surface area contributed by atoms with Crippen LogP contribution in [0.25, 0.3) is 22.3 Å². The van der Waals surface area contributed by atoms with Crippen LogP contribution in [-0.2, 0) is 0 Å². The van der Waals surface area contributed by atoms with Crippen LogP contribution >= 0.6 is 0 Å². The molecule has 2 N–H and O–H groups in total. The van der Waals surface area contributed by atoms with Gasteiger partial charge >= 0.3 is 0 Å². The molecule has 0 bridgehead atoms. The first-order valence-corrected chi connectivity index (χ1v) is 6.66. The van der Waals surface area contributed by atoms with Gasteiger partial charge in [-0.05, 0) is 28.8 Å². The van der Waals surface area contributed by atoms with Crippen molar-refractivity contribution in [2.24, 2.45) is 5.73 Å². The Labute approximate surface area is 123 Å². The molecule has 21 heavy (non-hydrogen) atoms. The summed E-state index contributed by atoms with van der Waals surface area (Å²) in [5.41, 5.74) is 9.59. The Morgan fingerprint density at radius 2 is 1.52 bits per heavy atom. The molecule has 0 aliphatic rings. The van der Waals surface area contributed by atoms with Crippen LogP contribution < -0.4 is 5.73 Å².